The third-order valence-electron chi connectivity index (χ3n) is 2.29. The van der Waals surface area contributed by atoms with Crippen LogP contribution < -0.4 is 0 Å². The van der Waals surface area contributed by atoms with Crippen molar-refractivity contribution in [2.75, 3.05) is 6.54 Å². The maximum absolute atomic E-state index is 9.22. The van der Waals surface area contributed by atoms with Crippen LogP contribution in [0, 0.1) is 0 Å². The highest BCUT2D eigenvalue weighted by Crippen LogP contribution is 2.30. The lowest BCUT2D eigenvalue weighted by molar-refractivity contribution is 0.174. The summed E-state index contributed by atoms with van der Waals surface area (Å²) < 4.78 is 0. The average molecular weight is 143 g/mol. The summed E-state index contributed by atoms with van der Waals surface area (Å²) in [6.45, 7) is 7.35. The van der Waals surface area contributed by atoms with Crippen LogP contribution >= 0.6 is 0 Å². The lowest BCUT2D eigenvalue weighted by Crippen LogP contribution is -2.15. The molecule has 0 radical (unpaired) electrons. The molecular weight excluding hydrogens is 126 g/mol. The summed E-state index contributed by atoms with van der Waals surface area (Å²) in [7, 11) is 0. The molecule has 0 spiro atoms. The Morgan fingerprint density at radius 3 is 2.50 bits per heavy atom. The number of aliphatic hydroxyl groups excluding tert-OH is 1. The Morgan fingerprint density at radius 1 is 1.60 bits per heavy atom. The van der Waals surface area contributed by atoms with E-state index in [1.54, 1.807) is 0 Å². The predicted molar refractivity (Wildman–Crippen MR) is 41.9 cm³/mol. The molecule has 1 aliphatic heterocycles. The highest BCUT2D eigenvalue weighted by atomic mass is 16.3. The van der Waals surface area contributed by atoms with Gasteiger partial charge >= 0.3 is 0 Å². The number of hydrogen-bond acceptors (Lipinski definition) is 2. The highest BCUT2D eigenvalue weighted by Gasteiger charge is 2.45. The van der Waals surface area contributed by atoms with E-state index < -0.39 is 0 Å². The second-order valence-electron chi connectivity index (χ2n) is 3.21. The lowest BCUT2D eigenvalue weighted by Gasteiger charge is -2.02. The van der Waals surface area contributed by atoms with Gasteiger partial charge in [-0.1, -0.05) is 6.92 Å². The number of nitrogens with zero attached hydrogens (tertiary/aromatic N) is 1. The van der Waals surface area contributed by atoms with E-state index in [-0.39, 0.29) is 6.10 Å². The maximum Gasteiger partial charge on any atom is 0.0682 e. The minimum absolute atomic E-state index is 0.151. The van der Waals surface area contributed by atoms with Crippen LogP contribution in [0.25, 0.3) is 0 Å². The van der Waals surface area contributed by atoms with Gasteiger partial charge in [0.1, 0.15) is 0 Å². The largest absolute Gasteiger partial charge is 0.392 e. The molecule has 1 N–H and O–H groups in total. The van der Waals surface area contributed by atoms with E-state index in [2.05, 4.69) is 18.7 Å². The van der Waals surface area contributed by atoms with Crippen molar-refractivity contribution in [1.29, 1.82) is 0 Å². The van der Waals surface area contributed by atoms with Crippen LogP contribution in [0.2, 0.25) is 0 Å². The van der Waals surface area contributed by atoms with Crippen LogP contribution in [0.3, 0.4) is 0 Å². The van der Waals surface area contributed by atoms with Crippen LogP contribution in [-0.2, 0) is 0 Å². The Hall–Kier alpha value is -0.0800. The SMILES string of the molecule is CCCN1[C@H]([C@@H](C)O)[C@@H]1C. The van der Waals surface area contributed by atoms with Gasteiger partial charge in [-0.2, -0.15) is 0 Å². The van der Waals surface area contributed by atoms with Crippen molar-refractivity contribution in [1.82, 2.24) is 4.90 Å². The van der Waals surface area contributed by atoms with Gasteiger partial charge in [0.25, 0.3) is 0 Å². The molecule has 1 saturated heterocycles. The molecule has 1 rings (SSSR count). The second-order valence-corrected chi connectivity index (χ2v) is 3.21. The maximum atomic E-state index is 9.22. The molecule has 0 amide bonds. The van der Waals surface area contributed by atoms with Crippen LogP contribution in [0.15, 0.2) is 0 Å². The molecular formula is C8H17NO. The quantitative estimate of drug-likeness (QED) is 0.592. The van der Waals surface area contributed by atoms with E-state index in [0.717, 1.165) is 6.54 Å². The number of hydrogen-bond donors (Lipinski definition) is 1. The zero-order valence-corrected chi connectivity index (χ0v) is 7.04. The smallest absolute Gasteiger partial charge is 0.0682 e. The average Bonchev–Trinajstić information content (AvgIpc) is 2.43. The Bertz CT molecular complexity index is 114. The molecule has 60 valence electrons. The van der Waals surface area contributed by atoms with Crippen molar-refractivity contribution < 1.29 is 5.11 Å². The molecule has 1 unspecified atom stereocenters. The molecule has 0 saturated carbocycles. The highest BCUT2D eigenvalue weighted by molar-refractivity contribution is 5.01. The Kier molecular flexibility index (Phi) is 2.32. The van der Waals surface area contributed by atoms with Crippen molar-refractivity contribution >= 4 is 0 Å². The van der Waals surface area contributed by atoms with Crippen molar-refractivity contribution in [2.24, 2.45) is 0 Å². The van der Waals surface area contributed by atoms with Gasteiger partial charge in [-0.25, -0.2) is 0 Å². The summed E-state index contributed by atoms with van der Waals surface area (Å²) in [5.41, 5.74) is 0. The minimum Gasteiger partial charge on any atom is -0.392 e. The van der Waals surface area contributed by atoms with E-state index in [9.17, 15) is 5.11 Å². The first-order valence-electron chi connectivity index (χ1n) is 4.12. The summed E-state index contributed by atoms with van der Waals surface area (Å²) in [5.74, 6) is 0. The molecule has 2 heteroatoms. The summed E-state index contributed by atoms with van der Waals surface area (Å²) in [5, 5.41) is 9.22. The summed E-state index contributed by atoms with van der Waals surface area (Å²) >= 11 is 0. The van der Waals surface area contributed by atoms with Crippen molar-refractivity contribution in [3.63, 3.8) is 0 Å². The first-order valence-corrected chi connectivity index (χ1v) is 4.12. The second kappa shape index (κ2) is 2.89. The topological polar surface area (TPSA) is 23.2 Å². The van der Waals surface area contributed by atoms with E-state index in [0.29, 0.717) is 12.1 Å². The fourth-order valence-corrected chi connectivity index (χ4v) is 1.73. The van der Waals surface area contributed by atoms with Crippen molar-refractivity contribution in [3.05, 3.63) is 0 Å². The molecule has 0 aromatic carbocycles. The lowest BCUT2D eigenvalue weighted by atomic mass is 10.2. The van der Waals surface area contributed by atoms with Crippen LogP contribution in [-0.4, -0.2) is 34.7 Å². The van der Waals surface area contributed by atoms with Gasteiger partial charge in [-0.15, -0.1) is 0 Å². The van der Waals surface area contributed by atoms with Gasteiger partial charge in [0.05, 0.1) is 12.1 Å². The van der Waals surface area contributed by atoms with E-state index >= 15 is 0 Å². The summed E-state index contributed by atoms with van der Waals surface area (Å²) in [6, 6.07) is 1.06. The van der Waals surface area contributed by atoms with Gasteiger partial charge in [-0.3, -0.25) is 4.90 Å². The normalized spacial score (nSPS) is 41.4. The van der Waals surface area contributed by atoms with Gasteiger partial charge in [-0.05, 0) is 26.8 Å². The monoisotopic (exact) mass is 143 g/mol. The molecule has 1 fully saturated rings. The van der Waals surface area contributed by atoms with E-state index in [1.165, 1.54) is 6.42 Å². The minimum atomic E-state index is -0.151. The molecule has 1 aliphatic rings. The molecule has 4 atom stereocenters. The fraction of sp³-hybridized carbons (Fsp3) is 1.00. The van der Waals surface area contributed by atoms with Crippen LogP contribution in [0.5, 0.6) is 0 Å². The zero-order valence-electron chi connectivity index (χ0n) is 7.04. The van der Waals surface area contributed by atoms with Crippen LogP contribution in [0.4, 0.5) is 0 Å². The first-order chi connectivity index (χ1) is 4.68. The Labute approximate surface area is 62.8 Å². The van der Waals surface area contributed by atoms with Crippen LogP contribution in [0.1, 0.15) is 27.2 Å². The van der Waals surface area contributed by atoms with Crippen molar-refractivity contribution in [2.45, 2.75) is 45.4 Å². The molecule has 0 aliphatic carbocycles. The Morgan fingerprint density at radius 2 is 2.20 bits per heavy atom. The Balaban J connectivity index is 2.27. The molecule has 0 aromatic rings. The van der Waals surface area contributed by atoms with Gasteiger partial charge in [0.2, 0.25) is 0 Å². The third kappa shape index (κ3) is 1.32. The molecule has 1 heterocycles. The third-order valence-corrected chi connectivity index (χ3v) is 2.29. The van der Waals surface area contributed by atoms with Gasteiger partial charge in [0, 0.05) is 6.04 Å². The zero-order chi connectivity index (χ0) is 7.72. The molecule has 0 bridgehead atoms. The number of aliphatic hydroxyl groups is 1. The van der Waals surface area contributed by atoms with Crippen molar-refractivity contribution in [3.8, 4) is 0 Å². The fourth-order valence-electron chi connectivity index (χ4n) is 1.73. The predicted octanol–water partition coefficient (Wildman–Crippen LogP) is 0.850. The van der Waals surface area contributed by atoms with E-state index in [4.69, 9.17) is 0 Å². The molecule has 0 aromatic heterocycles. The first kappa shape index (κ1) is 8.02. The molecule has 2 nitrogen and oxygen atoms in total. The van der Waals surface area contributed by atoms with Gasteiger partial charge in [0.15, 0.2) is 0 Å². The summed E-state index contributed by atoms with van der Waals surface area (Å²) in [6.07, 6.45) is 1.04. The molecule has 10 heavy (non-hydrogen) atoms. The van der Waals surface area contributed by atoms with E-state index in [1.807, 2.05) is 6.92 Å². The van der Waals surface area contributed by atoms with Gasteiger partial charge < -0.3 is 5.11 Å². The number of rotatable bonds is 3. The standard InChI is InChI=1S/C8H17NO/c1-4-5-9-6(2)8(9)7(3)10/h6-8,10H,4-5H2,1-3H3/t6-,7+,8-,9?/m0/s1. The summed E-state index contributed by atoms with van der Waals surface area (Å²) in [4.78, 5) is 2.34.